The Balaban J connectivity index is 0. The Kier molecular flexibility index (Phi) is 6.65. The first kappa shape index (κ1) is 14.1. The zero-order valence-corrected chi connectivity index (χ0v) is 10.2. The van der Waals surface area contributed by atoms with Crippen molar-refractivity contribution in [1.29, 1.82) is 0 Å². The maximum Gasteiger partial charge on any atom is 1.00 e. The van der Waals surface area contributed by atoms with Gasteiger partial charge in [0.15, 0.2) is 0 Å². The van der Waals surface area contributed by atoms with E-state index < -0.39 is 5.54 Å². The molecule has 0 N–H and O–H groups in total. The largest absolute Gasteiger partial charge is 1.00 e. The Morgan fingerprint density at radius 2 is 1.91 bits per heavy atom. The van der Waals surface area contributed by atoms with E-state index in [9.17, 15) is 15.2 Å². The second-order valence-electron chi connectivity index (χ2n) is 2.47. The minimum Gasteiger partial charge on any atom is -0.739 e. The molecule has 0 aromatic rings. The van der Waals surface area contributed by atoms with E-state index in [0.717, 1.165) is 0 Å². The van der Waals surface area contributed by atoms with Crippen molar-refractivity contribution < 1.29 is 61.0 Å². The molecule has 0 radical (unpaired) electrons. The first-order chi connectivity index (χ1) is 4.42. The van der Waals surface area contributed by atoms with Crippen LogP contribution in [-0.2, 0) is 4.79 Å². The molecule has 0 bridgehead atoms. The summed E-state index contributed by atoms with van der Waals surface area (Å²) in [5.74, 6) is -0.387. The fourth-order valence-electron chi connectivity index (χ4n) is 0.237. The Morgan fingerprint density at radius 3 is 2.00 bits per heavy atom. The molecule has 5 nitrogen and oxygen atoms in total. The van der Waals surface area contributed by atoms with Gasteiger partial charge in [0.2, 0.25) is 11.3 Å². The fourth-order valence-corrected chi connectivity index (χ4v) is 0.237. The summed E-state index contributed by atoms with van der Waals surface area (Å²) in [5, 5.41) is 22.2. The van der Waals surface area contributed by atoms with Gasteiger partial charge in [0.05, 0.1) is 0 Å². The molecule has 0 atom stereocenters. The van der Waals surface area contributed by atoms with E-state index in [2.05, 4.69) is 5.28 Å². The van der Waals surface area contributed by atoms with Gasteiger partial charge in [-0.1, -0.05) is 4.86 Å². The van der Waals surface area contributed by atoms with Crippen molar-refractivity contribution in [3.63, 3.8) is 0 Å². The predicted molar refractivity (Wildman–Crippen MR) is 34.2 cm³/mol. The summed E-state index contributed by atoms with van der Waals surface area (Å²) < 4.78 is 0. The van der Waals surface area contributed by atoms with Crippen LogP contribution in [0.4, 0.5) is 0 Å². The van der Waals surface area contributed by atoms with Gasteiger partial charge in [-0.15, -0.1) is 0 Å². The van der Waals surface area contributed by atoms with Gasteiger partial charge < -0.3 is 10.4 Å². The van der Waals surface area contributed by atoms with Crippen LogP contribution in [0.25, 0.3) is 0 Å². The van der Waals surface area contributed by atoms with Crippen molar-refractivity contribution in [2.45, 2.75) is 26.3 Å². The molecule has 0 unspecified atom stereocenters. The second-order valence-corrected chi connectivity index (χ2v) is 2.47. The van der Waals surface area contributed by atoms with Gasteiger partial charge in [0.25, 0.3) is 0 Å². The van der Waals surface area contributed by atoms with E-state index in [1.54, 1.807) is 0 Å². The number of carbonyl (C=O) groups excluding carboxylic acids is 1. The average molecular weight is 184 g/mol. The zero-order chi connectivity index (χ0) is 8.36. The molecule has 0 fully saturated rings. The van der Waals surface area contributed by atoms with Crippen LogP contribution in [0.2, 0.25) is 0 Å². The van der Waals surface area contributed by atoms with Crippen LogP contribution in [0.3, 0.4) is 0 Å². The van der Waals surface area contributed by atoms with E-state index in [-0.39, 0.29) is 62.0 Å². The number of Topliss-reactive ketones (excluding diaryl/α,β-unsaturated/α-hetero) is 1. The van der Waals surface area contributed by atoms with Crippen molar-refractivity contribution >= 4 is 5.78 Å². The van der Waals surface area contributed by atoms with E-state index in [1.165, 1.54) is 20.8 Å². The van der Waals surface area contributed by atoms with Gasteiger partial charge in [0, 0.05) is 20.8 Å². The normalized spacial score (nSPS) is 12.1. The third kappa shape index (κ3) is 3.61. The van der Waals surface area contributed by atoms with Gasteiger partial charge in [-0.2, -0.15) is 0 Å². The first-order valence-electron chi connectivity index (χ1n) is 2.74. The number of hydroxylamine groups is 1. The van der Waals surface area contributed by atoms with E-state index in [1.807, 2.05) is 0 Å². The minimum atomic E-state index is -1.33. The van der Waals surface area contributed by atoms with E-state index in [0.29, 0.717) is 0 Å². The van der Waals surface area contributed by atoms with Crippen LogP contribution < -0.4 is 51.4 Å². The summed E-state index contributed by atoms with van der Waals surface area (Å²) in [7, 11) is 0. The monoisotopic (exact) mass is 184 g/mol. The number of rotatable bonds is 2. The Morgan fingerprint density at radius 1 is 1.55 bits per heavy atom. The van der Waals surface area contributed by atoms with Crippen molar-refractivity contribution in [2.24, 2.45) is 5.28 Å². The molecule has 0 aliphatic heterocycles. The smallest absolute Gasteiger partial charge is 0.739 e. The summed E-state index contributed by atoms with van der Waals surface area (Å²) in [4.78, 5) is 10.5. The molecule has 11 heavy (non-hydrogen) atoms. The predicted octanol–water partition coefficient (Wildman–Crippen LogP) is -2.18. The summed E-state index contributed by atoms with van der Waals surface area (Å²) in [6, 6.07) is 0. The molecular weight excluding hydrogens is 175 g/mol. The van der Waals surface area contributed by atoms with Crippen molar-refractivity contribution in [3.05, 3.63) is 10.4 Å². The van der Waals surface area contributed by atoms with Gasteiger partial charge in [-0.25, -0.2) is 0 Å². The molecule has 0 spiro atoms. The summed E-state index contributed by atoms with van der Waals surface area (Å²) in [5.41, 5.74) is -1.33. The molecule has 0 saturated heterocycles. The summed E-state index contributed by atoms with van der Waals surface area (Å²) in [6.07, 6.45) is 0. The maximum atomic E-state index is 10.6. The van der Waals surface area contributed by atoms with Crippen LogP contribution in [-0.4, -0.2) is 16.2 Å². The Bertz CT molecular complexity index is 179. The molecule has 0 amide bonds. The second kappa shape index (κ2) is 5.20. The first-order valence-corrected chi connectivity index (χ1v) is 2.74. The molecule has 0 saturated carbocycles. The van der Waals surface area contributed by atoms with E-state index >= 15 is 0 Å². The molecule has 0 aliphatic rings. The number of hydrogen-bond acceptors (Lipinski definition) is 4. The maximum absolute atomic E-state index is 10.6. The minimum absolute atomic E-state index is 0. The van der Waals surface area contributed by atoms with Crippen LogP contribution in [0.15, 0.2) is 5.28 Å². The van der Waals surface area contributed by atoms with E-state index in [4.69, 9.17) is 0 Å². The summed E-state index contributed by atoms with van der Waals surface area (Å²) >= 11 is 0. The molecule has 0 aromatic carbocycles. The Labute approximate surface area is 107 Å². The molecule has 0 aromatic heterocycles. The molecule has 0 heterocycles. The standard InChI is InChI=1S/C5H10N2O3.K/c1-4(8)5(2,3)7(10)6-9;/h9H,1-3H3;/q;+1/p-1/b7-6-;. The van der Waals surface area contributed by atoms with Crippen LogP contribution in [0.5, 0.6) is 0 Å². The number of carbonyl (C=O) groups is 1. The summed E-state index contributed by atoms with van der Waals surface area (Å²) in [6.45, 7) is 3.91. The van der Waals surface area contributed by atoms with Crippen LogP contribution in [0, 0.1) is 10.4 Å². The molecule has 0 aliphatic carbocycles. The van der Waals surface area contributed by atoms with Gasteiger partial charge in [-0.3, -0.25) is 4.79 Å². The molecule has 58 valence electrons. The van der Waals surface area contributed by atoms with Gasteiger partial charge in [-0.05, 0) is 5.28 Å². The molecule has 6 heteroatoms. The average Bonchev–Trinajstić information content (AvgIpc) is 1.86. The number of hydrogen-bond donors (Lipinski definition) is 0. The van der Waals surface area contributed by atoms with Crippen LogP contribution in [0.1, 0.15) is 20.8 Å². The van der Waals surface area contributed by atoms with Crippen molar-refractivity contribution in [1.82, 2.24) is 0 Å². The third-order valence-electron chi connectivity index (χ3n) is 1.41. The Hall–Kier alpha value is 0.506. The molecule has 0 rings (SSSR count). The third-order valence-corrected chi connectivity index (χ3v) is 1.41. The quantitative estimate of drug-likeness (QED) is 0.212. The van der Waals surface area contributed by atoms with Crippen molar-refractivity contribution in [2.75, 3.05) is 0 Å². The number of ketones is 1. The zero-order valence-electron chi connectivity index (χ0n) is 7.12. The van der Waals surface area contributed by atoms with Crippen LogP contribution >= 0.6 is 0 Å². The fraction of sp³-hybridized carbons (Fsp3) is 0.800. The van der Waals surface area contributed by atoms with Gasteiger partial charge in [0.1, 0.15) is 0 Å². The topological polar surface area (TPSA) is 78.6 Å². The van der Waals surface area contributed by atoms with Crippen molar-refractivity contribution in [3.8, 4) is 0 Å². The SMILES string of the molecule is CC(=O)C(C)(C)/[N+]([O-])=N/[O-].[K+]. The van der Waals surface area contributed by atoms with Gasteiger partial charge >= 0.3 is 51.4 Å². The number of nitrogens with zero attached hydrogens (tertiary/aromatic N) is 2. The molecular formula is C5H9KN2O3.